The number of rotatable bonds is 1. The summed E-state index contributed by atoms with van der Waals surface area (Å²) in [6, 6.07) is 0. The van der Waals surface area contributed by atoms with Gasteiger partial charge in [-0.3, -0.25) is 0 Å². The molecule has 0 aliphatic rings. The summed E-state index contributed by atoms with van der Waals surface area (Å²) in [7, 11) is 0. The highest BCUT2D eigenvalue weighted by atomic mass is 35.5. The largest absolute Gasteiger partial charge is 0.365 e. The molecule has 12 heavy (non-hydrogen) atoms. The number of aromatic amines is 1. The van der Waals surface area contributed by atoms with Gasteiger partial charge in [-0.05, 0) is 10.4 Å². The minimum atomic E-state index is -0.393. The predicted octanol–water partition coefficient (Wildman–Crippen LogP) is 0.670. The molecular formula is C5H3ClN4OS. The third-order valence-corrected chi connectivity index (χ3v) is 2.46. The first-order valence-electron chi connectivity index (χ1n) is 3.01. The Morgan fingerprint density at radius 3 is 2.92 bits per heavy atom. The van der Waals surface area contributed by atoms with Gasteiger partial charge >= 0.3 is 5.69 Å². The Hall–Kier alpha value is -1.14. The monoisotopic (exact) mass is 202 g/mol. The van der Waals surface area contributed by atoms with Crippen LogP contribution in [0.25, 0.3) is 5.69 Å². The lowest BCUT2D eigenvalue weighted by atomic mass is 10.5. The van der Waals surface area contributed by atoms with Gasteiger partial charge in [0.15, 0.2) is 0 Å². The van der Waals surface area contributed by atoms with Crippen LogP contribution in [0, 0.1) is 0 Å². The average molecular weight is 203 g/mol. The van der Waals surface area contributed by atoms with Crippen molar-refractivity contribution in [3.63, 3.8) is 0 Å². The standard InChI is InChI=1S/C5H3ClN4OS/c6-3-1-12-2-4(3)10-5(11)7-8-9-10/h1-2H,(H,7,9,11). The maximum Gasteiger partial charge on any atom is 0.365 e. The van der Waals surface area contributed by atoms with E-state index in [9.17, 15) is 4.79 Å². The number of halogens is 1. The second-order valence-electron chi connectivity index (χ2n) is 2.02. The zero-order valence-electron chi connectivity index (χ0n) is 5.69. The zero-order valence-corrected chi connectivity index (χ0v) is 7.26. The van der Waals surface area contributed by atoms with Gasteiger partial charge in [0.05, 0.1) is 5.02 Å². The number of aromatic nitrogens is 4. The number of thiophene rings is 1. The zero-order chi connectivity index (χ0) is 8.55. The molecule has 0 radical (unpaired) electrons. The summed E-state index contributed by atoms with van der Waals surface area (Å²) in [4.78, 5) is 11.0. The Morgan fingerprint density at radius 2 is 2.42 bits per heavy atom. The van der Waals surface area contributed by atoms with Gasteiger partial charge in [-0.15, -0.1) is 11.3 Å². The first-order valence-corrected chi connectivity index (χ1v) is 4.33. The van der Waals surface area contributed by atoms with Crippen molar-refractivity contribution in [1.29, 1.82) is 0 Å². The van der Waals surface area contributed by atoms with Crippen molar-refractivity contribution in [2.75, 3.05) is 0 Å². The van der Waals surface area contributed by atoms with Gasteiger partial charge in [0, 0.05) is 10.8 Å². The van der Waals surface area contributed by atoms with Gasteiger partial charge in [0.2, 0.25) is 0 Å². The summed E-state index contributed by atoms with van der Waals surface area (Å²) in [5.74, 6) is 0. The highest BCUT2D eigenvalue weighted by Crippen LogP contribution is 2.22. The maximum atomic E-state index is 11.0. The molecule has 2 aromatic heterocycles. The molecule has 2 rings (SSSR count). The van der Waals surface area contributed by atoms with Crippen LogP contribution in [0.2, 0.25) is 5.02 Å². The topological polar surface area (TPSA) is 63.6 Å². The lowest BCUT2D eigenvalue weighted by Crippen LogP contribution is -2.15. The molecule has 0 aliphatic heterocycles. The van der Waals surface area contributed by atoms with Crippen LogP contribution in [0.1, 0.15) is 0 Å². The molecule has 0 unspecified atom stereocenters. The van der Waals surface area contributed by atoms with E-state index in [0.717, 1.165) is 4.68 Å². The molecule has 62 valence electrons. The van der Waals surface area contributed by atoms with Gasteiger partial charge in [-0.25, -0.2) is 9.89 Å². The summed E-state index contributed by atoms with van der Waals surface area (Å²) in [5, 5.41) is 13.0. The molecule has 5 nitrogen and oxygen atoms in total. The summed E-state index contributed by atoms with van der Waals surface area (Å²) in [6.45, 7) is 0. The number of hydrogen-bond donors (Lipinski definition) is 1. The van der Waals surface area contributed by atoms with Crippen LogP contribution < -0.4 is 5.69 Å². The van der Waals surface area contributed by atoms with Crippen molar-refractivity contribution in [3.05, 3.63) is 26.3 Å². The molecule has 0 aromatic carbocycles. The molecule has 0 aliphatic carbocycles. The second kappa shape index (κ2) is 2.72. The fourth-order valence-electron chi connectivity index (χ4n) is 0.781. The molecule has 7 heteroatoms. The molecule has 0 bridgehead atoms. The Morgan fingerprint density at radius 1 is 1.58 bits per heavy atom. The SMILES string of the molecule is O=c1[nH]nnn1-c1cscc1Cl. The fraction of sp³-hybridized carbons (Fsp3) is 0. The van der Waals surface area contributed by atoms with E-state index >= 15 is 0 Å². The van der Waals surface area contributed by atoms with Crippen LogP contribution in [0.3, 0.4) is 0 Å². The van der Waals surface area contributed by atoms with E-state index in [1.165, 1.54) is 11.3 Å². The average Bonchev–Trinajstić information content (AvgIpc) is 2.59. The molecular weight excluding hydrogens is 200 g/mol. The summed E-state index contributed by atoms with van der Waals surface area (Å²) < 4.78 is 1.11. The normalized spacial score (nSPS) is 10.4. The lowest BCUT2D eigenvalue weighted by Gasteiger charge is -1.91. The van der Waals surface area contributed by atoms with E-state index in [1.807, 2.05) is 0 Å². The third-order valence-electron chi connectivity index (χ3n) is 1.30. The highest BCUT2D eigenvalue weighted by Gasteiger charge is 2.07. The van der Waals surface area contributed by atoms with E-state index < -0.39 is 5.69 Å². The summed E-state index contributed by atoms with van der Waals surface area (Å²) >= 11 is 7.17. The molecule has 0 atom stereocenters. The van der Waals surface area contributed by atoms with E-state index in [0.29, 0.717) is 10.7 Å². The number of hydrogen-bond acceptors (Lipinski definition) is 4. The number of H-pyrrole nitrogens is 1. The van der Waals surface area contributed by atoms with Crippen molar-refractivity contribution >= 4 is 22.9 Å². The smallest absolute Gasteiger partial charge is 0.244 e. The van der Waals surface area contributed by atoms with Crippen molar-refractivity contribution in [3.8, 4) is 5.69 Å². The Kier molecular flexibility index (Phi) is 1.70. The van der Waals surface area contributed by atoms with E-state index in [2.05, 4.69) is 15.5 Å². The number of nitrogens with one attached hydrogen (secondary N) is 1. The minimum Gasteiger partial charge on any atom is -0.244 e. The summed E-state index contributed by atoms with van der Waals surface area (Å²) in [6.07, 6.45) is 0. The fourth-order valence-corrected chi connectivity index (χ4v) is 1.80. The molecule has 0 saturated heterocycles. The Labute approximate surface area is 75.6 Å². The Bertz CT molecular complexity index is 444. The van der Waals surface area contributed by atoms with Crippen LogP contribution in [0.15, 0.2) is 15.6 Å². The van der Waals surface area contributed by atoms with Gasteiger partial charge < -0.3 is 0 Å². The quantitative estimate of drug-likeness (QED) is 0.740. The minimum absolute atomic E-state index is 0.393. The van der Waals surface area contributed by atoms with Gasteiger partial charge in [-0.2, -0.15) is 4.68 Å². The predicted molar refractivity (Wildman–Crippen MR) is 44.9 cm³/mol. The number of tetrazole rings is 1. The van der Waals surface area contributed by atoms with Crippen molar-refractivity contribution < 1.29 is 0 Å². The molecule has 0 fully saturated rings. The van der Waals surface area contributed by atoms with Crippen molar-refractivity contribution in [2.45, 2.75) is 0 Å². The van der Waals surface area contributed by atoms with Crippen molar-refractivity contribution in [2.24, 2.45) is 0 Å². The van der Waals surface area contributed by atoms with Gasteiger partial charge in [0.1, 0.15) is 5.69 Å². The van der Waals surface area contributed by atoms with Gasteiger partial charge in [-0.1, -0.05) is 11.6 Å². The highest BCUT2D eigenvalue weighted by molar-refractivity contribution is 7.08. The Balaban J connectivity index is 2.65. The van der Waals surface area contributed by atoms with Crippen LogP contribution in [0.4, 0.5) is 0 Å². The molecule has 1 N–H and O–H groups in total. The maximum absolute atomic E-state index is 11.0. The summed E-state index contributed by atoms with van der Waals surface area (Å²) in [5.41, 5.74) is 0.163. The van der Waals surface area contributed by atoms with Gasteiger partial charge in [0.25, 0.3) is 0 Å². The van der Waals surface area contributed by atoms with Crippen LogP contribution >= 0.6 is 22.9 Å². The van der Waals surface area contributed by atoms with E-state index in [-0.39, 0.29) is 0 Å². The van der Waals surface area contributed by atoms with Crippen molar-refractivity contribution in [1.82, 2.24) is 20.2 Å². The third kappa shape index (κ3) is 1.05. The molecule has 0 spiro atoms. The molecule has 0 saturated carbocycles. The number of nitrogens with zero attached hydrogens (tertiary/aromatic N) is 3. The first kappa shape index (κ1) is 7.51. The molecule has 2 aromatic rings. The molecule has 2 heterocycles. The second-order valence-corrected chi connectivity index (χ2v) is 3.17. The lowest BCUT2D eigenvalue weighted by molar-refractivity contribution is 0.782. The van der Waals surface area contributed by atoms with E-state index in [4.69, 9.17) is 11.6 Å². The van der Waals surface area contributed by atoms with Crippen LogP contribution in [-0.4, -0.2) is 20.2 Å². The van der Waals surface area contributed by atoms with Crippen LogP contribution in [0.5, 0.6) is 0 Å². The van der Waals surface area contributed by atoms with Crippen LogP contribution in [-0.2, 0) is 0 Å². The van der Waals surface area contributed by atoms with E-state index in [1.54, 1.807) is 10.8 Å². The first-order chi connectivity index (χ1) is 5.79. The molecule has 0 amide bonds.